The number of nitrogens with two attached hydrogens (primary N) is 1. The summed E-state index contributed by atoms with van der Waals surface area (Å²) in [5, 5.41) is 25.9. The summed E-state index contributed by atoms with van der Waals surface area (Å²) in [6.45, 7) is 9.81. The van der Waals surface area contributed by atoms with Crippen LogP contribution in [0.2, 0.25) is 0 Å². The number of rotatable bonds is 11. The zero-order valence-electron chi connectivity index (χ0n) is 17.4. The topological polar surface area (TPSA) is 171 Å². The summed E-state index contributed by atoms with van der Waals surface area (Å²) >= 11 is 0. The molecule has 0 aliphatic carbocycles. The van der Waals surface area contributed by atoms with Crippen molar-refractivity contribution in [2.75, 3.05) is 0 Å². The van der Waals surface area contributed by atoms with Crippen molar-refractivity contribution in [2.45, 2.75) is 78.2 Å². The van der Waals surface area contributed by atoms with Gasteiger partial charge in [-0.3, -0.25) is 14.4 Å². The van der Waals surface area contributed by atoms with Crippen LogP contribution < -0.4 is 21.7 Å². The Balaban J connectivity index is 5.07. The summed E-state index contributed by atoms with van der Waals surface area (Å²) in [4.78, 5) is 48.1. The maximum atomic E-state index is 12.5. The number of amides is 3. The molecule has 0 rings (SSSR count). The first kappa shape index (κ1) is 25.8. The van der Waals surface area contributed by atoms with Gasteiger partial charge in [0.25, 0.3) is 0 Å². The van der Waals surface area contributed by atoms with Crippen molar-refractivity contribution >= 4 is 23.7 Å². The Bertz CT molecular complexity index is 564. The van der Waals surface area contributed by atoms with Gasteiger partial charge in [0.15, 0.2) is 0 Å². The normalized spacial score (nSPS) is 16.6. The molecule has 0 saturated carbocycles. The van der Waals surface area contributed by atoms with Gasteiger partial charge in [0, 0.05) is 0 Å². The fraction of sp³-hybridized carbons (Fsp3) is 0.778. The van der Waals surface area contributed by atoms with Crippen molar-refractivity contribution in [3.8, 4) is 0 Å². The molecule has 5 atom stereocenters. The molecule has 0 bridgehead atoms. The third-order valence-electron chi connectivity index (χ3n) is 4.15. The van der Waals surface area contributed by atoms with Gasteiger partial charge in [-0.1, -0.05) is 27.7 Å². The van der Waals surface area contributed by atoms with Crippen molar-refractivity contribution in [2.24, 2.45) is 17.6 Å². The zero-order valence-corrected chi connectivity index (χ0v) is 17.4. The molecule has 10 heteroatoms. The number of carbonyl (C=O) groups excluding carboxylic acids is 3. The first-order chi connectivity index (χ1) is 12.8. The molecular weight excluding hydrogens is 368 g/mol. The Morgan fingerprint density at radius 2 is 1.39 bits per heavy atom. The van der Waals surface area contributed by atoms with Gasteiger partial charge in [-0.2, -0.15) is 0 Å². The van der Waals surface area contributed by atoms with E-state index in [-0.39, 0.29) is 11.8 Å². The fourth-order valence-corrected chi connectivity index (χ4v) is 2.36. The predicted octanol–water partition coefficient (Wildman–Crippen LogP) is -1.04. The molecule has 0 aliphatic rings. The van der Waals surface area contributed by atoms with Crippen LogP contribution in [0.1, 0.15) is 48.0 Å². The summed E-state index contributed by atoms with van der Waals surface area (Å²) in [6.07, 6.45) is -0.793. The van der Waals surface area contributed by atoms with Gasteiger partial charge < -0.3 is 31.9 Å². The van der Waals surface area contributed by atoms with Crippen LogP contribution in [0.15, 0.2) is 0 Å². The number of hydrogen-bond acceptors (Lipinski definition) is 6. The monoisotopic (exact) mass is 402 g/mol. The average molecular weight is 402 g/mol. The lowest BCUT2D eigenvalue weighted by Crippen LogP contribution is -2.58. The van der Waals surface area contributed by atoms with Crippen molar-refractivity contribution in [1.29, 1.82) is 0 Å². The summed E-state index contributed by atoms with van der Waals surface area (Å²) in [5.41, 5.74) is 5.59. The molecule has 7 N–H and O–H groups in total. The molecule has 0 aromatic heterocycles. The van der Waals surface area contributed by atoms with E-state index in [0.717, 1.165) is 0 Å². The van der Waals surface area contributed by atoms with E-state index < -0.39 is 54.0 Å². The first-order valence-electron chi connectivity index (χ1n) is 9.35. The highest BCUT2D eigenvalue weighted by Gasteiger charge is 2.30. The summed E-state index contributed by atoms with van der Waals surface area (Å²) < 4.78 is 0. The van der Waals surface area contributed by atoms with Crippen molar-refractivity contribution in [1.82, 2.24) is 16.0 Å². The highest BCUT2D eigenvalue weighted by molar-refractivity contribution is 5.94. The van der Waals surface area contributed by atoms with Gasteiger partial charge in [-0.25, -0.2) is 4.79 Å². The molecule has 3 amide bonds. The average Bonchev–Trinajstić information content (AvgIpc) is 2.56. The van der Waals surface area contributed by atoms with E-state index in [1.807, 2.05) is 13.8 Å². The van der Waals surface area contributed by atoms with Gasteiger partial charge in [0.05, 0.1) is 6.10 Å². The molecule has 0 radical (unpaired) electrons. The zero-order chi connectivity index (χ0) is 22.2. The molecule has 0 aliphatic heterocycles. The highest BCUT2D eigenvalue weighted by Crippen LogP contribution is 2.07. The Labute approximate surface area is 165 Å². The standard InChI is InChI=1S/C18H34N4O6/c1-8(2)7-12(21-17(26)13(19)11(6)23)16(25)20-10(5)15(24)22-14(9(3)4)18(27)28/h8-14,23H,7,19H2,1-6H3,(H,20,25)(H,21,26)(H,22,24)(H,27,28). The SMILES string of the molecule is CC(C)CC(NC(=O)C(N)C(C)O)C(=O)NC(C)C(=O)NC(C(=O)O)C(C)C. The predicted molar refractivity (Wildman–Crippen MR) is 103 cm³/mol. The number of aliphatic hydroxyl groups is 1. The second kappa shape index (κ2) is 11.6. The van der Waals surface area contributed by atoms with Crippen LogP contribution >= 0.6 is 0 Å². The molecule has 0 aromatic rings. The number of carboxylic acids is 1. The Morgan fingerprint density at radius 1 is 0.857 bits per heavy atom. The van der Waals surface area contributed by atoms with Gasteiger partial charge in [0.2, 0.25) is 17.7 Å². The Hall–Kier alpha value is -2.20. The lowest BCUT2D eigenvalue weighted by molar-refractivity contribution is -0.143. The van der Waals surface area contributed by atoms with E-state index in [0.29, 0.717) is 6.42 Å². The van der Waals surface area contributed by atoms with Crippen molar-refractivity contribution in [3.05, 3.63) is 0 Å². The van der Waals surface area contributed by atoms with Crippen LogP contribution in [0.5, 0.6) is 0 Å². The lowest BCUT2D eigenvalue weighted by Gasteiger charge is -2.25. The molecule has 28 heavy (non-hydrogen) atoms. The van der Waals surface area contributed by atoms with Gasteiger partial charge in [0.1, 0.15) is 24.2 Å². The largest absolute Gasteiger partial charge is 0.480 e. The van der Waals surface area contributed by atoms with Crippen molar-refractivity contribution in [3.63, 3.8) is 0 Å². The molecular formula is C18H34N4O6. The van der Waals surface area contributed by atoms with E-state index >= 15 is 0 Å². The smallest absolute Gasteiger partial charge is 0.326 e. The van der Waals surface area contributed by atoms with Crippen LogP contribution in [-0.2, 0) is 19.2 Å². The molecule has 0 spiro atoms. The van der Waals surface area contributed by atoms with E-state index in [1.165, 1.54) is 13.8 Å². The highest BCUT2D eigenvalue weighted by atomic mass is 16.4. The van der Waals surface area contributed by atoms with E-state index in [1.54, 1.807) is 13.8 Å². The third-order valence-corrected chi connectivity index (χ3v) is 4.15. The lowest BCUT2D eigenvalue weighted by atomic mass is 10.0. The number of carbonyl (C=O) groups is 4. The molecule has 0 fully saturated rings. The summed E-state index contributed by atoms with van der Waals surface area (Å²) in [6, 6.07) is -4.23. The van der Waals surface area contributed by atoms with Gasteiger partial charge in [-0.05, 0) is 32.1 Å². The molecule has 10 nitrogen and oxygen atoms in total. The maximum Gasteiger partial charge on any atom is 0.326 e. The van der Waals surface area contributed by atoms with Gasteiger partial charge >= 0.3 is 5.97 Å². The summed E-state index contributed by atoms with van der Waals surface area (Å²) in [7, 11) is 0. The molecule has 0 saturated heterocycles. The molecule has 0 heterocycles. The van der Waals surface area contributed by atoms with Crippen LogP contribution in [0.4, 0.5) is 0 Å². The minimum Gasteiger partial charge on any atom is -0.480 e. The number of hydrogen-bond donors (Lipinski definition) is 6. The maximum absolute atomic E-state index is 12.5. The Kier molecular flexibility index (Phi) is 10.7. The molecule has 5 unspecified atom stereocenters. The number of carboxylic acid groups (broad SMARTS) is 1. The number of aliphatic hydroxyl groups excluding tert-OH is 1. The first-order valence-corrected chi connectivity index (χ1v) is 9.35. The van der Waals surface area contributed by atoms with Gasteiger partial charge in [-0.15, -0.1) is 0 Å². The quantitative estimate of drug-likeness (QED) is 0.256. The second-order valence-electron chi connectivity index (χ2n) is 7.76. The van der Waals surface area contributed by atoms with E-state index in [4.69, 9.17) is 10.8 Å². The van der Waals surface area contributed by atoms with Crippen LogP contribution in [0.3, 0.4) is 0 Å². The van der Waals surface area contributed by atoms with Crippen LogP contribution in [0.25, 0.3) is 0 Å². The molecule has 0 aromatic carbocycles. The van der Waals surface area contributed by atoms with Crippen LogP contribution in [-0.4, -0.2) is 64.2 Å². The number of nitrogens with one attached hydrogen (secondary N) is 3. The van der Waals surface area contributed by atoms with Crippen molar-refractivity contribution < 1.29 is 29.4 Å². The fourth-order valence-electron chi connectivity index (χ4n) is 2.36. The van der Waals surface area contributed by atoms with E-state index in [2.05, 4.69) is 16.0 Å². The van der Waals surface area contributed by atoms with E-state index in [9.17, 15) is 24.3 Å². The van der Waals surface area contributed by atoms with Crippen LogP contribution in [0, 0.1) is 11.8 Å². The second-order valence-corrected chi connectivity index (χ2v) is 7.76. The minimum absolute atomic E-state index is 0.0558. The molecule has 162 valence electrons. The number of aliphatic carboxylic acids is 1. The Morgan fingerprint density at radius 3 is 1.79 bits per heavy atom. The third kappa shape index (κ3) is 8.66. The minimum atomic E-state index is -1.19. The summed E-state index contributed by atoms with van der Waals surface area (Å²) in [5.74, 6) is -3.37.